The second-order valence-corrected chi connectivity index (χ2v) is 8.44. The Hall–Kier alpha value is -2.11. The van der Waals surface area contributed by atoms with Crippen molar-refractivity contribution in [3.63, 3.8) is 0 Å². The van der Waals surface area contributed by atoms with Gasteiger partial charge in [-0.15, -0.1) is 0 Å². The van der Waals surface area contributed by atoms with Gasteiger partial charge in [0, 0.05) is 20.0 Å². The number of unbranched alkanes of at least 4 members (excludes halogenated alkanes) is 9. The molecule has 0 aliphatic carbocycles. The van der Waals surface area contributed by atoms with Gasteiger partial charge in [0.1, 0.15) is 6.04 Å². The lowest BCUT2D eigenvalue weighted by Gasteiger charge is -2.16. The van der Waals surface area contributed by atoms with Gasteiger partial charge in [-0.2, -0.15) is 0 Å². The monoisotopic (exact) mass is 448 g/mol. The van der Waals surface area contributed by atoms with Crippen LogP contribution in [0.4, 0.5) is 0 Å². The van der Waals surface area contributed by atoms with Gasteiger partial charge in [0.25, 0.3) is 0 Å². The molecule has 0 radical (unpaired) electrons. The Bertz CT molecular complexity index is 566. The number of carbonyl (C=O) groups is 2. The third kappa shape index (κ3) is 21.1. The first-order chi connectivity index (χ1) is 15.5. The van der Waals surface area contributed by atoms with Crippen molar-refractivity contribution in [3.8, 4) is 0 Å². The van der Waals surface area contributed by atoms with Crippen LogP contribution in [0.5, 0.6) is 0 Å². The normalized spacial score (nSPS) is 13.0. The van der Waals surface area contributed by atoms with Gasteiger partial charge in [-0.1, -0.05) is 69.8 Å². The van der Waals surface area contributed by atoms with Crippen LogP contribution in [0.2, 0.25) is 0 Å². The van der Waals surface area contributed by atoms with Crippen LogP contribution in [0.1, 0.15) is 104 Å². The molecule has 1 atom stereocenters. The van der Waals surface area contributed by atoms with Crippen molar-refractivity contribution >= 4 is 17.6 Å². The number of rotatable bonds is 20. The van der Waals surface area contributed by atoms with Gasteiger partial charge in [-0.3, -0.25) is 14.6 Å². The predicted octanol–water partition coefficient (Wildman–Crippen LogP) is 5.19. The SMILES string of the molecule is CCCCC/C=C\C/C=C\CCCCCCCCNC(=O)C(CCN=C(C)N)NC(C)=O. The van der Waals surface area contributed by atoms with Crippen molar-refractivity contribution in [3.05, 3.63) is 24.3 Å². The van der Waals surface area contributed by atoms with E-state index < -0.39 is 6.04 Å². The van der Waals surface area contributed by atoms with Crippen LogP contribution in [0.25, 0.3) is 0 Å². The lowest BCUT2D eigenvalue weighted by molar-refractivity contribution is -0.128. The summed E-state index contributed by atoms with van der Waals surface area (Å²) in [4.78, 5) is 27.7. The van der Waals surface area contributed by atoms with E-state index >= 15 is 0 Å². The summed E-state index contributed by atoms with van der Waals surface area (Å²) in [5.41, 5.74) is 5.52. The number of hydrogen-bond donors (Lipinski definition) is 3. The van der Waals surface area contributed by atoms with E-state index in [9.17, 15) is 9.59 Å². The van der Waals surface area contributed by atoms with Gasteiger partial charge in [-0.25, -0.2) is 0 Å². The molecule has 0 aliphatic heterocycles. The van der Waals surface area contributed by atoms with Crippen molar-refractivity contribution in [1.29, 1.82) is 0 Å². The fourth-order valence-corrected chi connectivity index (χ4v) is 3.33. The Morgan fingerprint density at radius 3 is 2.06 bits per heavy atom. The highest BCUT2D eigenvalue weighted by Gasteiger charge is 2.18. The van der Waals surface area contributed by atoms with E-state index in [1.54, 1.807) is 6.92 Å². The van der Waals surface area contributed by atoms with E-state index in [0.29, 0.717) is 25.3 Å². The number of nitrogens with two attached hydrogens (primary N) is 1. The molecule has 0 rings (SSSR count). The zero-order chi connectivity index (χ0) is 23.9. The Morgan fingerprint density at radius 2 is 1.47 bits per heavy atom. The maximum absolute atomic E-state index is 12.3. The highest BCUT2D eigenvalue weighted by molar-refractivity contribution is 5.86. The third-order valence-corrected chi connectivity index (χ3v) is 5.15. The molecule has 1 unspecified atom stereocenters. The molecule has 0 aromatic heterocycles. The largest absolute Gasteiger partial charge is 0.388 e. The number of allylic oxidation sites excluding steroid dienone is 4. The van der Waals surface area contributed by atoms with E-state index in [0.717, 1.165) is 25.7 Å². The lowest BCUT2D eigenvalue weighted by atomic mass is 10.1. The zero-order valence-electron chi connectivity index (χ0n) is 20.8. The predicted molar refractivity (Wildman–Crippen MR) is 137 cm³/mol. The third-order valence-electron chi connectivity index (χ3n) is 5.15. The first-order valence-electron chi connectivity index (χ1n) is 12.6. The fraction of sp³-hybridized carbons (Fsp3) is 0.731. The van der Waals surface area contributed by atoms with Gasteiger partial charge < -0.3 is 16.4 Å². The van der Waals surface area contributed by atoms with Gasteiger partial charge in [0.15, 0.2) is 0 Å². The average Bonchev–Trinajstić information content (AvgIpc) is 2.74. The standard InChI is InChI=1S/C26H48N4O2/c1-4-5-6-7-8-9-10-11-12-13-14-15-16-17-18-19-21-29-26(32)25(30-24(3)31)20-22-28-23(2)27/h8-9,11-12,25H,4-7,10,13-22H2,1-3H3,(H2,27,28)(H,29,32)(H,30,31)/b9-8-,12-11-. The maximum atomic E-state index is 12.3. The number of amides is 2. The molecule has 2 amide bonds. The first-order valence-corrected chi connectivity index (χ1v) is 12.6. The van der Waals surface area contributed by atoms with Gasteiger partial charge >= 0.3 is 0 Å². The van der Waals surface area contributed by atoms with Crippen LogP contribution < -0.4 is 16.4 Å². The molecule has 6 nitrogen and oxygen atoms in total. The second-order valence-electron chi connectivity index (χ2n) is 8.44. The topological polar surface area (TPSA) is 96.6 Å². The number of nitrogens with one attached hydrogen (secondary N) is 2. The van der Waals surface area contributed by atoms with Crippen LogP contribution in [0, 0.1) is 0 Å². The molecule has 0 saturated heterocycles. The Kier molecular flexibility index (Phi) is 20.6. The van der Waals surface area contributed by atoms with Crippen molar-refractivity contribution in [1.82, 2.24) is 10.6 Å². The van der Waals surface area contributed by atoms with E-state index in [-0.39, 0.29) is 11.8 Å². The summed E-state index contributed by atoms with van der Waals surface area (Å²) in [5, 5.41) is 5.62. The van der Waals surface area contributed by atoms with Crippen LogP contribution >= 0.6 is 0 Å². The number of hydrogen-bond acceptors (Lipinski definition) is 3. The minimum absolute atomic E-state index is 0.146. The first kappa shape index (κ1) is 29.9. The fourth-order valence-electron chi connectivity index (χ4n) is 3.33. The molecule has 0 heterocycles. The minimum atomic E-state index is -0.555. The summed E-state index contributed by atoms with van der Waals surface area (Å²) in [6.07, 6.45) is 24.0. The molecule has 32 heavy (non-hydrogen) atoms. The number of nitrogens with zero attached hydrogens (tertiary/aromatic N) is 1. The summed E-state index contributed by atoms with van der Waals surface area (Å²) in [6, 6.07) is -0.555. The molecule has 0 saturated carbocycles. The summed E-state index contributed by atoms with van der Waals surface area (Å²) >= 11 is 0. The van der Waals surface area contributed by atoms with Gasteiger partial charge in [0.2, 0.25) is 11.8 Å². The van der Waals surface area contributed by atoms with Crippen molar-refractivity contribution in [2.45, 2.75) is 110 Å². The molecule has 184 valence electrons. The van der Waals surface area contributed by atoms with Gasteiger partial charge in [-0.05, 0) is 51.9 Å². The van der Waals surface area contributed by atoms with Crippen LogP contribution in [-0.2, 0) is 9.59 Å². The molecular weight excluding hydrogens is 400 g/mol. The molecule has 0 aromatic rings. The lowest BCUT2D eigenvalue weighted by Crippen LogP contribution is -2.46. The Labute approximate surface area is 196 Å². The van der Waals surface area contributed by atoms with E-state index in [2.05, 4.69) is 46.9 Å². The minimum Gasteiger partial charge on any atom is -0.388 e. The summed E-state index contributed by atoms with van der Waals surface area (Å²) in [5.74, 6) is 0.119. The van der Waals surface area contributed by atoms with E-state index in [4.69, 9.17) is 5.73 Å². The quantitative estimate of drug-likeness (QED) is 0.103. The molecule has 6 heteroatoms. The molecule has 0 bridgehead atoms. The number of carbonyl (C=O) groups excluding carboxylic acids is 2. The second kappa shape index (κ2) is 22.1. The van der Waals surface area contributed by atoms with Crippen LogP contribution in [0.3, 0.4) is 0 Å². The summed E-state index contributed by atoms with van der Waals surface area (Å²) in [7, 11) is 0. The Morgan fingerprint density at radius 1 is 0.875 bits per heavy atom. The highest BCUT2D eigenvalue weighted by atomic mass is 16.2. The zero-order valence-corrected chi connectivity index (χ0v) is 20.8. The van der Waals surface area contributed by atoms with Crippen LogP contribution in [0.15, 0.2) is 29.3 Å². The molecular formula is C26H48N4O2. The Balaban J connectivity index is 3.68. The van der Waals surface area contributed by atoms with Crippen LogP contribution in [-0.4, -0.2) is 36.8 Å². The molecule has 0 aromatic carbocycles. The smallest absolute Gasteiger partial charge is 0.242 e. The molecule has 0 aliphatic rings. The van der Waals surface area contributed by atoms with Crippen molar-refractivity contribution < 1.29 is 9.59 Å². The van der Waals surface area contributed by atoms with Crippen molar-refractivity contribution in [2.75, 3.05) is 13.1 Å². The van der Waals surface area contributed by atoms with Gasteiger partial charge in [0.05, 0.1) is 5.84 Å². The molecule has 0 spiro atoms. The summed E-state index contributed by atoms with van der Waals surface area (Å²) in [6.45, 7) is 6.43. The summed E-state index contributed by atoms with van der Waals surface area (Å²) < 4.78 is 0. The number of amidine groups is 1. The van der Waals surface area contributed by atoms with E-state index in [1.165, 1.54) is 58.3 Å². The molecule has 0 fully saturated rings. The van der Waals surface area contributed by atoms with Crippen molar-refractivity contribution in [2.24, 2.45) is 10.7 Å². The maximum Gasteiger partial charge on any atom is 0.242 e. The average molecular weight is 449 g/mol. The number of aliphatic imine (C=N–C) groups is 1. The van der Waals surface area contributed by atoms with E-state index in [1.807, 2.05) is 0 Å². The highest BCUT2D eigenvalue weighted by Crippen LogP contribution is 2.08. The molecule has 4 N–H and O–H groups in total.